The Morgan fingerprint density at radius 3 is 1.38 bits per heavy atom. The van der Waals surface area contributed by atoms with Crippen molar-refractivity contribution < 1.29 is 0 Å². The van der Waals surface area contributed by atoms with Crippen molar-refractivity contribution in [2.24, 2.45) is 0 Å². The summed E-state index contributed by atoms with van der Waals surface area (Å²) in [6.45, 7) is 25.5. The topological polar surface area (TPSA) is 6.48 Å². The van der Waals surface area contributed by atoms with Gasteiger partial charge in [-0.15, -0.1) is 0 Å². The van der Waals surface area contributed by atoms with Crippen LogP contribution in [0.2, 0.25) is 0 Å². The van der Waals surface area contributed by atoms with Crippen LogP contribution in [0.3, 0.4) is 0 Å². The molecule has 0 radical (unpaired) electrons. The quantitative estimate of drug-likeness (QED) is 0.158. The van der Waals surface area contributed by atoms with Gasteiger partial charge in [-0.1, -0.05) is 185 Å². The molecule has 0 aliphatic heterocycles. The molecule has 0 amide bonds. The molecule has 9 rings (SSSR count). The molecule has 0 bridgehead atoms. The Morgan fingerprint density at radius 1 is 0.349 bits per heavy atom. The van der Waals surface area contributed by atoms with Crippen LogP contribution in [0.25, 0.3) is 33.0 Å². The predicted octanol–water partition coefficient (Wildman–Crippen LogP) is 17.6. The third kappa shape index (κ3) is 7.75. The highest BCUT2D eigenvalue weighted by molar-refractivity contribution is 6.02. The third-order valence-electron chi connectivity index (χ3n) is 13.3. The molecule has 0 atom stereocenters. The van der Waals surface area contributed by atoms with Crippen molar-refractivity contribution in [3.05, 3.63) is 204 Å². The number of anilines is 6. The highest BCUT2D eigenvalue weighted by atomic mass is 15.2. The lowest BCUT2D eigenvalue weighted by molar-refractivity contribution is 0.589. The number of hydrogen-bond acceptors (Lipinski definition) is 2. The maximum atomic E-state index is 2.54. The fourth-order valence-electron chi connectivity index (χ4n) is 9.52. The number of rotatable bonds is 7. The van der Waals surface area contributed by atoms with Crippen LogP contribution in [0.15, 0.2) is 176 Å². The van der Waals surface area contributed by atoms with E-state index in [-0.39, 0.29) is 21.7 Å². The fraction of sp³-hybridized carbons (Fsp3) is 0.246. The summed E-state index contributed by atoms with van der Waals surface area (Å²) in [5.74, 6) is 0. The standard InChI is InChI=1S/C61H62N2/c1-58(2,3)44-27-31-48(32-28-44)62(47-21-13-12-14-22-47)55-38-46(60(7,8)9)39-56(57(55)43-26-25-41-19-15-16-20-42(41)37-43)63(49-33-29-45(30-34-49)59(4,5)6)50-35-36-52-51-23-17-18-24-53(51)61(10,11)54(52)40-50/h12-40H,1-11H3. The van der Waals surface area contributed by atoms with Crippen LogP contribution in [0.5, 0.6) is 0 Å². The van der Waals surface area contributed by atoms with Crippen LogP contribution < -0.4 is 9.80 Å². The maximum Gasteiger partial charge on any atom is 0.0564 e. The van der Waals surface area contributed by atoms with Crippen molar-refractivity contribution >= 4 is 44.9 Å². The molecule has 1 aliphatic rings. The lowest BCUT2D eigenvalue weighted by Gasteiger charge is -2.36. The average molecular weight is 823 g/mol. The first-order valence-electron chi connectivity index (χ1n) is 22.7. The molecule has 0 saturated heterocycles. The minimum atomic E-state index is -0.173. The number of nitrogens with zero attached hydrogens (tertiary/aromatic N) is 2. The van der Waals surface area contributed by atoms with Crippen LogP contribution in [0.4, 0.5) is 34.1 Å². The van der Waals surface area contributed by atoms with Crippen molar-refractivity contribution in [2.45, 2.75) is 97.8 Å². The molecular formula is C61H62N2. The van der Waals surface area contributed by atoms with E-state index in [0.717, 1.165) is 39.7 Å². The second kappa shape index (κ2) is 15.5. The molecule has 0 aromatic heterocycles. The lowest BCUT2D eigenvalue weighted by atomic mass is 9.82. The van der Waals surface area contributed by atoms with Gasteiger partial charge >= 0.3 is 0 Å². The van der Waals surface area contributed by atoms with Crippen molar-refractivity contribution in [3.8, 4) is 22.3 Å². The first-order valence-corrected chi connectivity index (χ1v) is 22.7. The molecule has 316 valence electrons. The Bertz CT molecular complexity index is 2950. The van der Waals surface area contributed by atoms with Crippen LogP contribution in [0, 0.1) is 0 Å². The zero-order valence-corrected chi connectivity index (χ0v) is 39.1. The summed E-state index contributed by atoms with van der Waals surface area (Å²) in [5, 5.41) is 2.44. The van der Waals surface area contributed by atoms with Gasteiger partial charge in [-0.2, -0.15) is 0 Å². The van der Waals surface area contributed by atoms with Crippen molar-refractivity contribution in [3.63, 3.8) is 0 Å². The average Bonchev–Trinajstić information content (AvgIpc) is 3.48. The molecule has 63 heavy (non-hydrogen) atoms. The molecule has 0 N–H and O–H groups in total. The maximum absolute atomic E-state index is 2.54. The Balaban J connectivity index is 1.41. The van der Waals surface area contributed by atoms with Crippen LogP contribution in [-0.2, 0) is 21.7 Å². The molecular weight excluding hydrogens is 761 g/mol. The summed E-state index contributed by atoms with van der Waals surface area (Å²) in [6, 6.07) is 66.3. The van der Waals surface area contributed by atoms with E-state index in [4.69, 9.17) is 0 Å². The van der Waals surface area contributed by atoms with Crippen molar-refractivity contribution in [1.29, 1.82) is 0 Å². The van der Waals surface area contributed by atoms with Gasteiger partial charge in [0.15, 0.2) is 0 Å². The van der Waals surface area contributed by atoms with Gasteiger partial charge in [0.1, 0.15) is 0 Å². The number of hydrogen-bond donors (Lipinski definition) is 0. The van der Waals surface area contributed by atoms with E-state index in [1.54, 1.807) is 0 Å². The molecule has 0 heterocycles. The van der Waals surface area contributed by atoms with Crippen LogP contribution in [0.1, 0.15) is 104 Å². The summed E-state index contributed by atoms with van der Waals surface area (Å²) >= 11 is 0. The Morgan fingerprint density at radius 2 is 0.810 bits per heavy atom. The van der Waals surface area contributed by atoms with Crippen LogP contribution >= 0.6 is 0 Å². The molecule has 0 saturated carbocycles. The third-order valence-corrected chi connectivity index (χ3v) is 13.3. The van der Waals surface area contributed by atoms with Gasteiger partial charge in [0.25, 0.3) is 0 Å². The smallest absolute Gasteiger partial charge is 0.0564 e. The van der Waals surface area contributed by atoms with E-state index in [2.05, 4.69) is 262 Å². The normalized spacial score (nSPS) is 13.4. The second-order valence-corrected chi connectivity index (χ2v) is 21.2. The Hall–Kier alpha value is -6.38. The summed E-state index contributed by atoms with van der Waals surface area (Å²) in [4.78, 5) is 5.03. The fourth-order valence-corrected chi connectivity index (χ4v) is 9.52. The highest BCUT2D eigenvalue weighted by Gasteiger charge is 2.36. The van der Waals surface area contributed by atoms with E-state index >= 15 is 0 Å². The van der Waals surface area contributed by atoms with Gasteiger partial charge in [0.05, 0.1) is 11.4 Å². The lowest BCUT2D eigenvalue weighted by Crippen LogP contribution is -2.20. The monoisotopic (exact) mass is 822 g/mol. The van der Waals surface area contributed by atoms with E-state index in [1.807, 2.05) is 0 Å². The molecule has 8 aromatic carbocycles. The van der Waals surface area contributed by atoms with Crippen molar-refractivity contribution in [1.82, 2.24) is 0 Å². The summed E-state index contributed by atoms with van der Waals surface area (Å²) < 4.78 is 0. The molecule has 2 heteroatoms. The van der Waals surface area contributed by atoms with Gasteiger partial charge in [-0.25, -0.2) is 0 Å². The molecule has 0 unspecified atom stereocenters. The van der Waals surface area contributed by atoms with E-state index in [1.165, 1.54) is 55.3 Å². The van der Waals surface area contributed by atoms with E-state index in [9.17, 15) is 0 Å². The van der Waals surface area contributed by atoms with Gasteiger partial charge in [0.2, 0.25) is 0 Å². The minimum Gasteiger partial charge on any atom is -0.310 e. The van der Waals surface area contributed by atoms with Gasteiger partial charge in [-0.05, 0) is 138 Å². The van der Waals surface area contributed by atoms with Gasteiger partial charge < -0.3 is 9.80 Å². The zero-order valence-electron chi connectivity index (χ0n) is 39.1. The molecule has 0 spiro atoms. The number of para-hydroxylation sites is 1. The Kier molecular flexibility index (Phi) is 10.3. The van der Waals surface area contributed by atoms with E-state index < -0.39 is 0 Å². The molecule has 1 aliphatic carbocycles. The van der Waals surface area contributed by atoms with Crippen LogP contribution in [-0.4, -0.2) is 0 Å². The largest absolute Gasteiger partial charge is 0.310 e. The number of fused-ring (bicyclic) bond motifs is 4. The summed E-state index contributed by atoms with van der Waals surface area (Å²) in [5.41, 5.74) is 18.0. The zero-order chi connectivity index (χ0) is 44.5. The summed E-state index contributed by atoms with van der Waals surface area (Å²) in [6.07, 6.45) is 0. The number of benzene rings is 8. The molecule has 8 aromatic rings. The van der Waals surface area contributed by atoms with Crippen molar-refractivity contribution in [2.75, 3.05) is 9.80 Å². The second-order valence-electron chi connectivity index (χ2n) is 21.2. The first kappa shape index (κ1) is 41.9. The molecule has 2 nitrogen and oxygen atoms in total. The first-order chi connectivity index (χ1) is 29.9. The highest BCUT2D eigenvalue weighted by Crippen LogP contribution is 2.54. The van der Waals surface area contributed by atoms with Gasteiger partial charge in [0, 0.05) is 33.7 Å². The SMILES string of the molecule is CC(C)(C)c1ccc(N(c2ccccc2)c2cc(C(C)(C)C)cc(N(c3ccc(C(C)(C)C)cc3)c3ccc4c(c3)C(C)(C)c3ccccc3-4)c2-c2ccc3ccccc3c2)cc1. The Labute approximate surface area is 376 Å². The summed E-state index contributed by atoms with van der Waals surface area (Å²) in [7, 11) is 0. The minimum absolute atomic E-state index is 0.0149. The van der Waals surface area contributed by atoms with E-state index in [0.29, 0.717) is 0 Å². The predicted molar refractivity (Wildman–Crippen MR) is 272 cm³/mol. The molecule has 0 fully saturated rings. The van der Waals surface area contributed by atoms with Gasteiger partial charge in [-0.3, -0.25) is 0 Å².